The van der Waals surface area contributed by atoms with E-state index in [0.29, 0.717) is 16.9 Å². The highest BCUT2D eigenvalue weighted by Gasteiger charge is 2.32. The standard InChI is InChI=1S/C19H13NO5S2/c21-16(22)11-20-15(18(24)27-19(20)26)10-12-5-4-8-14(9-12)25-17(23)13-6-2-1-3-7-13/h1-10H,11H2,(H,21,22)/b15-10-. The molecule has 0 aromatic heterocycles. The maximum Gasteiger partial charge on any atom is 0.343 e. The summed E-state index contributed by atoms with van der Waals surface area (Å²) in [6.45, 7) is -0.397. The Morgan fingerprint density at radius 2 is 1.89 bits per heavy atom. The van der Waals surface area contributed by atoms with E-state index in [1.54, 1.807) is 54.6 Å². The number of thioether (sulfide) groups is 1. The zero-order chi connectivity index (χ0) is 19.4. The molecule has 0 saturated carbocycles. The predicted molar refractivity (Wildman–Crippen MR) is 105 cm³/mol. The molecule has 0 aliphatic carbocycles. The van der Waals surface area contributed by atoms with Gasteiger partial charge in [0.1, 0.15) is 16.6 Å². The molecule has 1 saturated heterocycles. The first-order chi connectivity index (χ1) is 12.9. The third-order valence-electron chi connectivity index (χ3n) is 3.58. The number of benzene rings is 2. The molecule has 0 spiro atoms. The van der Waals surface area contributed by atoms with Crippen molar-refractivity contribution in [2.45, 2.75) is 0 Å². The van der Waals surface area contributed by atoms with E-state index >= 15 is 0 Å². The number of hydrogen-bond donors (Lipinski definition) is 1. The van der Waals surface area contributed by atoms with E-state index in [-0.39, 0.29) is 15.1 Å². The molecule has 6 nitrogen and oxygen atoms in total. The SMILES string of the molecule is O=C(O)CN1C(=S)SC(=O)/C1=C/c1cccc(OC(=O)c2ccccc2)c1. The molecular formula is C19H13NO5S2. The number of carbonyl (C=O) groups excluding carboxylic acids is 2. The van der Waals surface area contributed by atoms with Gasteiger partial charge >= 0.3 is 11.9 Å². The first-order valence-corrected chi connectivity index (χ1v) is 9.01. The van der Waals surface area contributed by atoms with Crippen LogP contribution in [0, 0.1) is 0 Å². The Hall–Kier alpha value is -2.97. The Bertz CT molecular complexity index is 956. The Morgan fingerprint density at radius 3 is 2.59 bits per heavy atom. The first kappa shape index (κ1) is 18.8. The fraction of sp³-hybridized carbons (Fsp3) is 0.0526. The Balaban J connectivity index is 1.83. The molecule has 136 valence electrons. The largest absolute Gasteiger partial charge is 0.480 e. The van der Waals surface area contributed by atoms with Crippen LogP contribution >= 0.6 is 24.0 Å². The number of ether oxygens (including phenoxy) is 1. The molecular weight excluding hydrogens is 386 g/mol. The van der Waals surface area contributed by atoms with Gasteiger partial charge in [0.25, 0.3) is 0 Å². The van der Waals surface area contributed by atoms with Crippen LogP contribution in [0.2, 0.25) is 0 Å². The second kappa shape index (κ2) is 8.15. The number of thiocarbonyl (C=S) groups is 1. The maximum atomic E-state index is 12.2. The number of carbonyl (C=O) groups is 3. The number of rotatable bonds is 5. The molecule has 27 heavy (non-hydrogen) atoms. The lowest BCUT2D eigenvalue weighted by Crippen LogP contribution is -2.28. The lowest BCUT2D eigenvalue weighted by atomic mass is 10.1. The Labute approximate surface area is 164 Å². The van der Waals surface area contributed by atoms with Crippen molar-refractivity contribution in [3.63, 3.8) is 0 Å². The molecule has 2 aromatic rings. The van der Waals surface area contributed by atoms with E-state index in [2.05, 4.69) is 0 Å². The fourth-order valence-electron chi connectivity index (χ4n) is 2.38. The van der Waals surface area contributed by atoms with E-state index in [9.17, 15) is 14.4 Å². The number of carboxylic acids is 1. The maximum absolute atomic E-state index is 12.2. The van der Waals surface area contributed by atoms with Gasteiger partial charge < -0.3 is 14.7 Å². The molecule has 0 radical (unpaired) electrons. The predicted octanol–water partition coefficient (Wildman–Crippen LogP) is 3.19. The van der Waals surface area contributed by atoms with Gasteiger partial charge in [0.05, 0.1) is 11.3 Å². The third kappa shape index (κ3) is 4.60. The Kier molecular flexibility index (Phi) is 5.68. The van der Waals surface area contributed by atoms with Gasteiger partial charge in [-0.15, -0.1) is 0 Å². The summed E-state index contributed by atoms with van der Waals surface area (Å²) in [5.41, 5.74) is 1.18. The summed E-state index contributed by atoms with van der Waals surface area (Å²) in [4.78, 5) is 36.5. The van der Waals surface area contributed by atoms with Gasteiger partial charge in [0, 0.05) is 0 Å². The van der Waals surface area contributed by atoms with Crippen molar-refractivity contribution in [3.05, 3.63) is 71.4 Å². The summed E-state index contributed by atoms with van der Waals surface area (Å²) in [6, 6.07) is 15.2. The molecule has 1 aliphatic rings. The summed E-state index contributed by atoms with van der Waals surface area (Å²) >= 11 is 5.87. The van der Waals surface area contributed by atoms with Crippen molar-refractivity contribution < 1.29 is 24.2 Å². The van der Waals surface area contributed by atoms with Crippen LogP contribution in [-0.4, -0.2) is 37.9 Å². The highest BCUT2D eigenvalue weighted by molar-refractivity contribution is 8.33. The molecule has 0 amide bonds. The molecule has 0 bridgehead atoms. The van der Waals surface area contributed by atoms with Gasteiger partial charge in [-0.1, -0.05) is 42.5 Å². The van der Waals surface area contributed by atoms with Crippen molar-refractivity contribution >= 4 is 51.4 Å². The number of nitrogens with zero attached hydrogens (tertiary/aromatic N) is 1. The van der Waals surface area contributed by atoms with E-state index in [4.69, 9.17) is 22.1 Å². The number of esters is 1. The van der Waals surface area contributed by atoms with Crippen LogP contribution in [0.25, 0.3) is 6.08 Å². The third-order valence-corrected chi connectivity index (χ3v) is 4.84. The average molecular weight is 399 g/mol. The van der Waals surface area contributed by atoms with Crippen molar-refractivity contribution in [1.82, 2.24) is 4.90 Å². The van der Waals surface area contributed by atoms with E-state index in [1.807, 2.05) is 0 Å². The molecule has 3 rings (SSSR count). The van der Waals surface area contributed by atoms with Crippen LogP contribution in [0.15, 0.2) is 60.3 Å². The normalized spacial score (nSPS) is 15.3. The molecule has 1 N–H and O–H groups in total. The first-order valence-electron chi connectivity index (χ1n) is 7.78. The molecule has 1 fully saturated rings. The summed E-state index contributed by atoms with van der Waals surface area (Å²) < 4.78 is 5.55. The van der Waals surface area contributed by atoms with Crippen molar-refractivity contribution in [2.24, 2.45) is 0 Å². The van der Waals surface area contributed by atoms with Crippen LogP contribution in [0.1, 0.15) is 15.9 Å². The second-order valence-electron chi connectivity index (χ2n) is 5.49. The minimum atomic E-state index is -1.09. The molecule has 1 aliphatic heterocycles. The minimum Gasteiger partial charge on any atom is -0.480 e. The number of hydrogen-bond acceptors (Lipinski definition) is 6. The van der Waals surface area contributed by atoms with Gasteiger partial charge in [-0.3, -0.25) is 9.59 Å². The monoisotopic (exact) mass is 399 g/mol. The summed E-state index contributed by atoms with van der Waals surface area (Å²) in [6.07, 6.45) is 1.53. The van der Waals surface area contributed by atoms with Gasteiger partial charge in [0.2, 0.25) is 5.12 Å². The van der Waals surface area contributed by atoms with Crippen LogP contribution in [0.5, 0.6) is 5.75 Å². The minimum absolute atomic E-state index is 0.180. The van der Waals surface area contributed by atoms with Crippen LogP contribution < -0.4 is 4.74 Å². The lowest BCUT2D eigenvalue weighted by Gasteiger charge is -2.15. The molecule has 8 heteroatoms. The van der Waals surface area contributed by atoms with Gasteiger partial charge in [-0.2, -0.15) is 0 Å². The summed E-state index contributed by atoms with van der Waals surface area (Å²) in [5.74, 6) is -1.28. The van der Waals surface area contributed by atoms with E-state index < -0.39 is 18.5 Å². The van der Waals surface area contributed by atoms with Crippen LogP contribution in [-0.2, 0) is 9.59 Å². The number of aliphatic carboxylic acids is 1. The highest BCUT2D eigenvalue weighted by atomic mass is 32.2. The zero-order valence-electron chi connectivity index (χ0n) is 13.8. The smallest absolute Gasteiger partial charge is 0.343 e. The lowest BCUT2D eigenvalue weighted by molar-refractivity contribution is -0.137. The van der Waals surface area contributed by atoms with Crippen molar-refractivity contribution in [1.29, 1.82) is 0 Å². The second-order valence-corrected chi connectivity index (χ2v) is 7.10. The fourth-order valence-corrected chi connectivity index (χ4v) is 3.48. The van der Waals surface area contributed by atoms with Crippen molar-refractivity contribution in [3.8, 4) is 5.75 Å². The average Bonchev–Trinajstić information content (AvgIpc) is 2.89. The molecule has 0 atom stereocenters. The van der Waals surface area contributed by atoms with E-state index in [0.717, 1.165) is 11.8 Å². The molecule has 0 unspecified atom stereocenters. The number of carboxylic acid groups (broad SMARTS) is 1. The van der Waals surface area contributed by atoms with Gasteiger partial charge in [-0.05, 0) is 47.7 Å². The zero-order valence-corrected chi connectivity index (χ0v) is 15.5. The van der Waals surface area contributed by atoms with Crippen LogP contribution in [0.3, 0.4) is 0 Å². The molecule has 2 aromatic carbocycles. The van der Waals surface area contributed by atoms with Crippen LogP contribution in [0.4, 0.5) is 0 Å². The molecule has 1 heterocycles. The van der Waals surface area contributed by atoms with Gasteiger partial charge in [-0.25, -0.2) is 4.79 Å². The van der Waals surface area contributed by atoms with Crippen molar-refractivity contribution in [2.75, 3.05) is 6.54 Å². The Morgan fingerprint density at radius 1 is 1.15 bits per heavy atom. The summed E-state index contributed by atoms with van der Waals surface area (Å²) in [7, 11) is 0. The highest BCUT2D eigenvalue weighted by Crippen LogP contribution is 2.30. The quantitative estimate of drug-likeness (QED) is 0.355. The summed E-state index contributed by atoms with van der Waals surface area (Å²) in [5, 5.41) is 8.68. The van der Waals surface area contributed by atoms with Gasteiger partial charge in [0.15, 0.2) is 0 Å². The van der Waals surface area contributed by atoms with E-state index in [1.165, 1.54) is 11.0 Å². The topological polar surface area (TPSA) is 83.9 Å².